The van der Waals surface area contributed by atoms with E-state index >= 15 is 0 Å². The van der Waals surface area contributed by atoms with E-state index in [1.807, 2.05) is 48.8 Å². The number of hydrogen-bond acceptors (Lipinski definition) is 4. The predicted octanol–water partition coefficient (Wildman–Crippen LogP) is 5.74. The summed E-state index contributed by atoms with van der Waals surface area (Å²) in [4.78, 5) is 25.0. The number of amides is 1. The molecule has 0 fully saturated rings. The lowest BCUT2D eigenvalue weighted by Gasteiger charge is -2.32. The molecule has 4 rings (SSSR count). The number of rotatable bonds is 6. The van der Waals surface area contributed by atoms with Crippen LogP contribution in [0.15, 0.2) is 97.6 Å². The van der Waals surface area contributed by atoms with Gasteiger partial charge in [-0.15, -0.1) is 0 Å². The van der Waals surface area contributed by atoms with Crippen molar-refractivity contribution in [3.8, 4) is 11.1 Å². The molecular formula is C27H26N4O. The highest BCUT2D eigenvalue weighted by Crippen LogP contribution is 2.38. The number of carbonyl (C=O) groups excluding carboxylic acids is 1. The fourth-order valence-electron chi connectivity index (χ4n) is 3.93. The Labute approximate surface area is 189 Å². The molecule has 0 N–H and O–H groups in total. The Morgan fingerprint density at radius 3 is 2.06 bits per heavy atom. The van der Waals surface area contributed by atoms with Gasteiger partial charge in [-0.1, -0.05) is 36.4 Å². The number of carbonyl (C=O) groups is 1. The predicted molar refractivity (Wildman–Crippen MR) is 129 cm³/mol. The van der Waals surface area contributed by atoms with Crippen LogP contribution in [0.3, 0.4) is 0 Å². The molecule has 0 saturated carbocycles. The standard InChI is InChI=1S/C27H26N4O/c1-20(31(23-11-7-15-28-18-23)24-12-8-16-29-19-24)25-13-4-5-14-26(25)21-9-6-10-22(17-21)27(32)30(2)3/h4-20H,1-3H3. The molecule has 0 aliphatic heterocycles. The van der Waals surface area contributed by atoms with Crippen LogP contribution in [0, 0.1) is 0 Å². The molecule has 2 heterocycles. The average Bonchev–Trinajstić information content (AvgIpc) is 2.85. The number of hydrogen-bond donors (Lipinski definition) is 0. The van der Waals surface area contributed by atoms with Crippen molar-refractivity contribution in [1.29, 1.82) is 0 Å². The molecule has 2 aromatic heterocycles. The molecule has 1 amide bonds. The number of nitrogens with zero attached hydrogens (tertiary/aromatic N) is 4. The fraction of sp³-hybridized carbons (Fsp3) is 0.148. The van der Waals surface area contributed by atoms with Gasteiger partial charge in [0.2, 0.25) is 0 Å². The molecule has 5 nitrogen and oxygen atoms in total. The fourth-order valence-corrected chi connectivity index (χ4v) is 3.93. The number of aromatic nitrogens is 2. The Morgan fingerprint density at radius 1 is 0.812 bits per heavy atom. The monoisotopic (exact) mass is 422 g/mol. The Kier molecular flexibility index (Phi) is 6.26. The van der Waals surface area contributed by atoms with E-state index in [2.05, 4.69) is 58.2 Å². The summed E-state index contributed by atoms with van der Waals surface area (Å²) in [7, 11) is 3.54. The third kappa shape index (κ3) is 4.37. The molecule has 0 aliphatic rings. The highest BCUT2D eigenvalue weighted by Gasteiger charge is 2.22. The second-order valence-corrected chi connectivity index (χ2v) is 7.84. The Morgan fingerprint density at radius 2 is 1.47 bits per heavy atom. The van der Waals surface area contributed by atoms with Crippen LogP contribution in [-0.2, 0) is 0 Å². The van der Waals surface area contributed by atoms with Crippen LogP contribution in [-0.4, -0.2) is 34.9 Å². The summed E-state index contributed by atoms with van der Waals surface area (Å²) in [5, 5.41) is 0. The lowest BCUT2D eigenvalue weighted by Crippen LogP contribution is -2.22. The van der Waals surface area contributed by atoms with Gasteiger partial charge in [0.25, 0.3) is 5.91 Å². The highest BCUT2D eigenvalue weighted by molar-refractivity contribution is 5.95. The average molecular weight is 423 g/mol. The van der Waals surface area contributed by atoms with Crippen molar-refractivity contribution in [3.05, 3.63) is 109 Å². The first kappa shape index (κ1) is 21.2. The van der Waals surface area contributed by atoms with Crippen molar-refractivity contribution in [3.63, 3.8) is 0 Å². The topological polar surface area (TPSA) is 49.3 Å². The van der Waals surface area contributed by atoms with Gasteiger partial charge >= 0.3 is 0 Å². The summed E-state index contributed by atoms with van der Waals surface area (Å²) in [6.07, 6.45) is 7.28. The third-order valence-electron chi connectivity index (χ3n) is 5.47. The highest BCUT2D eigenvalue weighted by atomic mass is 16.2. The Balaban J connectivity index is 1.81. The van der Waals surface area contributed by atoms with E-state index in [1.54, 1.807) is 31.4 Å². The summed E-state index contributed by atoms with van der Waals surface area (Å²) in [5.41, 5.74) is 5.89. The second-order valence-electron chi connectivity index (χ2n) is 7.84. The summed E-state index contributed by atoms with van der Waals surface area (Å²) in [5.74, 6) is -0.00951. The molecule has 1 unspecified atom stereocenters. The summed E-state index contributed by atoms with van der Waals surface area (Å²) >= 11 is 0. The van der Waals surface area contributed by atoms with E-state index in [4.69, 9.17) is 0 Å². The van der Waals surface area contributed by atoms with Gasteiger partial charge in [0.1, 0.15) is 0 Å². The first-order valence-electron chi connectivity index (χ1n) is 10.6. The molecule has 2 aromatic carbocycles. The lowest BCUT2D eigenvalue weighted by molar-refractivity contribution is 0.0827. The van der Waals surface area contributed by atoms with Gasteiger partial charge in [0.05, 0.1) is 29.8 Å². The Hall–Kier alpha value is -3.99. The minimum atomic E-state index is -0.00951. The molecule has 4 aromatic rings. The van der Waals surface area contributed by atoms with Gasteiger partial charge in [0, 0.05) is 32.1 Å². The van der Waals surface area contributed by atoms with E-state index in [-0.39, 0.29) is 11.9 Å². The van der Waals surface area contributed by atoms with E-state index in [1.165, 1.54) is 0 Å². The molecule has 1 atom stereocenters. The maximum Gasteiger partial charge on any atom is 0.253 e. The summed E-state index contributed by atoms with van der Waals surface area (Å²) < 4.78 is 0. The molecule has 160 valence electrons. The quantitative estimate of drug-likeness (QED) is 0.397. The van der Waals surface area contributed by atoms with Gasteiger partial charge in [-0.3, -0.25) is 14.8 Å². The first-order valence-corrected chi connectivity index (χ1v) is 10.6. The van der Waals surface area contributed by atoms with Crippen LogP contribution < -0.4 is 4.90 Å². The molecule has 0 bridgehead atoms. The molecule has 0 saturated heterocycles. The number of pyridine rings is 2. The minimum Gasteiger partial charge on any atom is -0.345 e. The van der Waals surface area contributed by atoms with Gasteiger partial charge in [-0.05, 0) is 60.0 Å². The van der Waals surface area contributed by atoms with Crippen molar-refractivity contribution >= 4 is 17.3 Å². The van der Waals surface area contributed by atoms with E-state index in [9.17, 15) is 4.79 Å². The van der Waals surface area contributed by atoms with Crippen molar-refractivity contribution in [2.45, 2.75) is 13.0 Å². The van der Waals surface area contributed by atoms with Crippen LogP contribution in [0.2, 0.25) is 0 Å². The normalized spacial score (nSPS) is 11.6. The van der Waals surface area contributed by atoms with E-state index in [0.717, 1.165) is 28.1 Å². The van der Waals surface area contributed by atoms with Gasteiger partial charge in [0.15, 0.2) is 0 Å². The number of anilines is 2. The van der Waals surface area contributed by atoms with E-state index in [0.29, 0.717) is 5.56 Å². The van der Waals surface area contributed by atoms with Gasteiger partial charge < -0.3 is 9.80 Å². The molecule has 5 heteroatoms. The zero-order valence-corrected chi connectivity index (χ0v) is 18.5. The van der Waals surface area contributed by atoms with Crippen LogP contribution >= 0.6 is 0 Å². The summed E-state index contributed by atoms with van der Waals surface area (Å²) in [6.45, 7) is 2.17. The molecule has 0 spiro atoms. The summed E-state index contributed by atoms with van der Waals surface area (Å²) in [6, 6.07) is 24.1. The molecular weight excluding hydrogens is 396 g/mol. The van der Waals surface area contributed by atoms with Crippen molar-refractivity contribution in [2.75, 3.05) is 19.0 Å². The zero-order valence-electron chi connectivity index (χ0n) is 18.5. The largest absolute Gasteiger partial charge is 0.345 e. The van der Waals surface area contributed by atoms with Crippen molar-refractivity contribution < 1.29 is 4.79 Å². The number of benzene rings is 2. The Bertz CT molecular complexity index is 1150. The SMILES string of the molecule is CC(c1ccccc1-c1cccc(C(=O)N(C)C)c1)N(c1cccnc1)c1cccnc1. The van der Waals surface area contributed by atoms with Crippen LogP contribution in [0.4, 0.5) is 11.4 Å². The van der Waals surface area contributed by atoms with Crippen LogP contribution in [0.1, 0.15) is 28.9 Å². The smallest absolute Gasteiger partial charge is 0.253 e. The molecule has 32 heavy (non-hydrogen) atoms. The third-order valence-corrected chi connectivity index (χ3v) is 5.47. The van der Waals surface area contributed by atoms with Crippen LogP contribution in [0.25, 0.3) is 11.1 Å². The van der Waals surface area contributed by atoms with Gasteiger partial charge in [-0.2, -0.15) is 0 Å². The van der Waals surface area contributed by atoms with Crippen LogP contribution in [0.5, 0.6) is 0 Å². The van der Waals surface area contributed by atoms with Gasteiger partial charge in [-0.25, -0.2) is 0 Å². The second kappa shape index (κ2) is 9.43. The first-order chi connectivity index (χ1) is 15.6. The van der Waals surface area contributed by atoms with Crippen molar-refractivity contribution in [1.82, 2.24) is 14.9 Å². The molecule has 0 aliphatic carbocycles. The lowest BCUT2D eigenvalue weighted by atomic mass is 9.93. The van der Waals surface area contributed by atoms with E-state index < -0.39 is 0 Å². The minimum absolute atomic E-state index is 0.00666. The zero-order chi connectivity index (χ0) is 22.5. The molecule has 0 radical (unpaired) electrons. The van der Waals surface area contributed by atoms with Crippen molar-refractivity contribution in [2.24, 2.45) is 0 Å². The maximum absolute atomic E-state index is 12.5. The maximum atomic E-state index is 12.5.